The Balaban J connectivity index is 1.46. The fourth-order valence-electron chi connectivity index (χ4n) is 8.89. The summed E-state index contributed by atoms with van der Waals surface area (Å²) in [6.45, 7) is 7.92. The van der Waals surface area contributed by atoms with Gasteiger partial charge in [-0.2, -0.15) is 0 Å². The topological polar surface area (TPSA) is 140 Å². The Kier molecular flexibility index (Phi) is 9.67. The zero-order chi connectivity index (χ0) is 35.3. The van der Waals surface area contributed by atoms with Crippen molar-refractivity contribution in [3.63, 3.8) is 0 Å². The van der Waals surface area contributed by atoms with E-state index in [1.165, 1.54) is 37.5 Å². The Morgan fingerprint density at radius 2 is 1.88 bits per heavy atom. The van der Waals surface area contributed by atoms with Crippen LogP contribution in [0.15, 0.2) is 46.6 Å². The number of ketones is 1. The molecule has 1 heterocycles. The molecule has 0 aliphatic heterocycles. The standard InChI is InChI=1S/C36H42F2O9S/c1-6-34(44,7-2)30(42)46-14-8-9-16-48-31(43)36(47-29(41)27-11-10-15-45-27)21(3)17-23-24-19-26(37)25-18-22(39)12-13-32(25,4)35(24,38)28(40)20-33(23,36)5/h10-13,15,18,21,23-24,26,28,40,44H,6-7,14,16-17,19-20H2,1-5H3/t21-,23+,24+,26+,28+,32+,33+,35+,36+/m1/s1. The summed E-state index contributed by atoms with van der Waals surface area (Å²) in [5.74, 6) is 0.580. The Morgan fingerprint density at radius 1 is 1.17 bits per heavy atom. The average molecular weight is 689 g/mol. The van der Waals surface area contributed by atoms with Crippen molar-refractivity contribution in [1.29, 1.82) is 0 Å². The lowest BCUT2D eigenvalue weighted by Crippen LogP contribution is -2.70. The molecule has 260 valence electrons. The van der Waals surface area contributed by atoms with Crippen LogP contribution >= 0.6 is 11.8 Å². The van der Waals surface area contributed by atoms with Gasteiger partial charge in [-0.15, -0.1) is 0 Å². The zero-order valence-corrected chi connectivity index (χ0v) is 28.5. The van der Waals surface area contributed by atoms with Gasteiger partial charge in [0.05, 0.1) is 18.1 Å². The third kappa shape index (κ3) is 5.28. The van der Waals surface area contributed by atoms with Gasteiger partial charge in [-0.1, -0.05) is 57.4 Å². The Bertz CT molecular complexity index is 1590. The lowest BCUT2D eigenvalue weighted by atomic mass is 9.44. The number of alkyl halides is 2. The van der Waals surface area contributed by atoms with E-state index in [-0.39, 0.29) is 55.8 Å². The molecular weight excluding hydrogens is 646 g/mol. The third-order valence-electron chi connectivity index (χ3n) is 11.7. The molecule has 4 aliphatic carbocycles. The molecule has 0 saturated heterocycles. The zero-order valence-electron chi connectivity index (χ0n) is 27.7. The van der Waals surface area contributed by atoms with Gasteiger partial charge in [0, 0.05) is 22.7 Å². The molecule has 48 heavy (non-hydrogen) atoms. The molecule has 1 aromatic rings. The lowest BCUT2D eigenvalue weighted by Gasteiger charge is -2.63. The van der Waals surface area contributed by atoms with Crippen LogP contribution in [0.4, 0.5) is 8.78 Å². The minimum atomic E-state index is -2.37. The number of furan rings is 1. The van der Waals surface area contributed by atoms with Crippen LogP contribution in [0.2, 0.25) is 0 Å². The van der Waals surface area contributed by atoms with E-state index in [1.807, 2.05) is 0 Å². The van der Waals surface area contributed by atoms with Gasteiger partial charge in [-0.05, 0) is 74.8 Å². The van der Waals surface area contributed by atoms with Gasteiger partial charge in [0.1, 0.15) is 6.17 Å². The van der Waals surface area contributed by atoms with Crippen molar-refractivity contribution in [3.8, 4) is 11.8 Å². The SMILES string of the molecule is CCC(O)(CC)C(=O)OCC#CCSC(=O)[C@@]1(OC(=O)c2ccco2)[C@H](C)C[C@H]2[C@@H]3C[C@H](F)C4=CC(=O)C=C[C@]4(C)[C@@]3(F)[C@@H](O)C[C@@]21C. The normalized spacial score (nSPS) is 36.9. The molecule has 3 saturated carbocycles. The Morgan fingerprint density at radius 3 is 2.52 bits per heavy atom. The summed E-state index contributed by atoms with van der Waals surface area (Å²) in [6.07, 6.45) is 1.53. The quantitative estimate of drug-likeness (QED) is 0.280. The highest BCUT2D eigenvalue weighted by Crippen LogP contribution is 2.72. The van der Waals surface area contributed by atoms with Gasteiger partial charge in [-0.25, -0.2) is 18.4 Å². The van der Waals surface area contributed by atoms with Gasteiger partial charge < -0.3 is 24.1 Å². The van der Waals surface area contributed by atoms with E-state index in [9.17, 15) is 29.4 Å². The van der Waals surface area contributed by atoms with E-state index in [0.29, 0.717) is 0 Å². The van der Waals surface area contributed by atoms with Crippen molar-refractivity contribution < 1.29 is 52.1 Å². The van der Waals surface area contributed by atoms with Gasteiger partial charge in [0.25, 0.3) is 0 Å². The van der Waals surface area contributed by atoms with Gasteiger partial charge in [-0.3, -0.25) is 9.59 Å². The smallest absolute Gasteiger partial charge is 0.375 e. The maximum Gasteiger partial charge on any atom is 0.375 e. The first kappa shape index (κ1) is 36.0. The van der Waals surface area contributed by atoms with Crippen LogP contribution in [0.1, 0.15) is 77.3 Å². The molecule has 2 N–H and O–H groups in total. The van der Waals surface area contributed by atoms with Crippen molar-refractivity contribution in [1.82, 2.24) is 0 Å². The molecule has 0 unspecified atom stereocenters. The van der Waals surface area contributed by atoms with Crippen LogP contribution in [0.3, 0.4) is 0 Å². The molecule has 9 atom stereocenters. The van der Waals surface area contributed by atoms with Crippen molar-refractivity contribution in [2.45, 2.75) is 95.9 Å². The number of aliphatic hydroxyl groups excluding tert-OH is 1. The molecule has 3 fully saturated rings. The van der Waals surface area contributed by atoms with Crippen LogP contribution in [-0.4, -0.2) is 74.6 Å². The van der Waals surface area contributed by atoms with E-state index in [4.69, 9.17) is 13.9 Å². The predicted molar refractivity (Wildman–Crippen MR) is 172 cm³/mol. The van der Waals surface area contributed by atoms with Crippen molar-refractivity contribution in [2.24, 2.45) is 28.6 Å². The largest absolute Gasteiger partial charge is 0.457 e. The van der Waals surface area contributed by atoms with Gasteiger partial charge in [0.2, 0.25) is 10.9 Å². The molecule has 9 nitrogen and oxygen atoms in total. The third-order valence-corrected chi connectivity index (χ3v) is 12.5. The summed E-state index contributed by atoms with van der Waals surface area (Å²) in [5, 5.41) is 21.5. The second-order valence-corrected chi connectivity index (χ2v) is 14.8. The fourth-order valence-corrected chi connectivity index (χ4v) is 9.89. The van der Waals surface area contributed by atoms with E-state index in [1.54, 1.807) is 27.7 Å². The van der Waals surface area contributed by atoms with E-state index >= 15 is 8.78 Å². The number of halogens is 2. The van der Waals surface area contributed by atoms with E-state index in [2.05, 4.69) is 11.8 Å². The molecule has 5 rings (SSSR count). The van der Waals surface area contributed by atoms with Gasteiger partial charge >= 0.3 is 11.9 Å². The summed E-state index contributed by atoms with van der Waals surface area (Å²) in [7, 11) is 0. The minimum Gasteiger partial charge on any atom is -0.457 e. The molecule has 0 radical (unpaired) electrons. The molecule has 1 aromatic heterocycles. The van der Waals surface area contributed by atoms with Crippen LogP contribution in [-0.2, 0) is 23.9 Å². The summed E-state index contributed by atoms with van der Waals surface area (Å²) >= 11 is 0.774. The summed E-state index contributed by atoms with van der Waals surface area (Å²) < 4.78 is 50.1. The second-order valence-electron chi connectivity index (χ2n) is 13.8. The highest BCUT2D eigenvalue weighted by Gasteiger charge is 2.78. The number of carbonyl (C=O) groups is 4. The maximum atomic E-state index is 17.7. The first-order valence-electron chi connectivity index (χ1n) is 16.3. The summed E-state index contributed by atoms with van der Waals surface area (Å²) in [6, 6.07) is 2.88. The van der Waals surface area contributed by atoms with E-state index in [0.717, 1.165) is 17.8 Å². The first-order chi connectivity index (χ1) is 22.6. The Labute approximate surface area is 282 Å². The van der Waals surface area contributed by atoms with Crippen LogP contribution in [0, 0.1) is 40.4 Å². The van der Waals surface area contributed by atoms with Crippen LogP contribution < -0.4 is 0 Å². The predicted octanol–water partition coefficient (Wildman–Crippen LogP) is 5.10. The molecular formula is C36H42F2O9S. The second kappa shape index (κ2) is 12.9. The van der Waals surface area contributed by atoms with Crippen LogP contribution in [0.5, 0.6) is 0 Å². The number of esters is 2. The molecule has 0 aromatic carbocycles. The molecule has 12 heteroatoms. The highest BCUT2D eigenvalue weighted by molar-refractivity contribution is 8.14. The molecule has 4 aliphatic rings. The number of ether oxygens (including phenoxy) is 2. The summed E-state index contributed by atoms with van der Waals surface area (Å²) in [5.41, 5.74) is -8.82. The fraction of sp³-hybridized carbons (Fsp3) is 0.611. The Hall–Kier alpha value is -3.27. The highest BCUT2D eigenvalue weighted by atomic mass is 32.2. The van der Waals surface area contributed by atoms with E-state index < -0.39 is 80.6 Å². The van der Waals surface area contributed by atoms with Crippen LogP contribution in [0.25, 0.3) is 0 Å². The van der Waals surface area contributed by atoms with Gasteiger partial charge in [0.15, 0.2) is 29.3 Å². The summed E-state index contributed by atoms with van der Waals surface area (Å²) in [4.78, 5) is 52.3. The average Bonchev–Trinajstić information content (AvgIpc) is 3.67. The monoisotopic (exact) mass is 688 g/mol. The molecule has 0 spiro atoms. The lowest BCUT2D eigenvalue weighted by molar-refractivity contribution is -0.221. The number of thioether (sulfide) groups is 1. The number of aliphatic hydroxyl groups is 2. The van der Waals surface area contributed by atoms with Crippen molar-refractivity contribution in [2.75, 3.05) is 12.4 Å². The van der Waals surface area contributed by atoms with Crippen molar-refractivity contribution in [3.05, 3.63) is 48.0 Å². The van der Waals surface area contributed by atoms with Crippen molar-refractivity contribution >= 4 is 34.6 Å². The number of hydrogen-bond donors (Lipinski definition) is 2. The molecule has 0 amide bonds. The number of fused-ring (bicyclic) bond motifs is 5. The number of hydrogen-bond acceptors (Lipinski definition) is 10. The number of allylic oxidation sites excluding steroid dienone is 4. The number of carbonyl (C=O) groups excluding carboxylic acids is 4. The minimum absolute atomic E-state index is 0.0112. The first-order valence-corrected chi connectivity index (χ1v) is 17.3. The maximum absolute atomic E-state index is 17.7. The molecule has 0 bridgehead atoms. The number of rotatable bonds is 8.